The van der Waals surface area contributed by atoms with Gasteiger partial charge in [0.15, 0.2) is 0 Å². The maximum absolute atomic E-state index is 12.4. The molecule has 104 valence electrons. The minimum absolute atomic E-state index is 0.0763. The van der Waals surface area contributed by atoms with Gasteiger partial charge in [0.1, 0.15) is 0 Å². The van der Waals surface area contributed by atoms with Crippen LogP contribution in [0.15, 0.2) is 24.3 Å². The van der Waals surface area contributed by atoms with Crippen LogP contribution in [0.25, 0.3) is 0 Å². The molecule has 2 unspecified atom stereocenters. The molecule has 0 aliphatic heterocycles. The van der Waals surface area contributed by atoms with Gasteiger partial charge in [-0.25, -0.2) is 0 Å². The van der Waals surface area contributed by atoms with Crippen LogP contribution in [-0.2, 0) is 17.5 Å². The number of carbonyl (C=O) groups excluding carboxylic acids is 1. The van der Waals surface area contributed by atoms with Crippen LogP contribution in [0.1, 0.15) is 24.5 Å². The molecule has 1 amide bonds. The summed E-state index contributed by atoms with van der Waals surface area (Å²) in [6.07, 6.45) is -3.40. The van der Waals surface area contributed by atoms with E-state index in [0.717, 1.165) is 18.6 Å². The van der Waals surface area contributed by atoms with Gasteiger partial charge in [0.25, 0.3) is 0 Å². The standard InChI is InChI=1S/C14H16F3NO/c1-9-7-12(9)13(19)18(2)8-10-3-5-11(6-4-10)14(15,16)17/h3-6,9,12H,7-8H2,1-2H3. The lowest BCUT2D eigenvalue weighted by molar-refractivity contribution is -0.137. The fourth-order valence-electron chi connectivity index (χ4n) is 2.10. The van der Waals surface area contributed by atoms with Crippen molar-refractivity contribution >= 4 is 5.91 Å². The average molecular weight is 271 g/mol. The lowest BCUT2D eigenvalue weighted by Crippen LogP contribution is -2.28. The summed E-state index contributed by atoms with van der Waals surface area (Å²) in [6, 6.07) is 4.94. The predicted molar refractivity (Wildman–Crippen MR) is 65.2 cm³/mol. The molecule has 0 spiro atoms. The summed E-state index contributed by atoms with van der Waals surface area (Å²) >= 11 is 0. The van der Waals surface area contributed by atoms with Crippen LogP contribution in [0.4, 0.5) is 13.2 Å². The van der Waals surface area contributed by atoms with Crippen LogP contribution in [0, 0.1) is 11.8 Å². The van der Waals surface area contributed by atoms with Crippen molar-refractivity contribution < 1.29 is 18.0 Å². The highest BCUT2D eigenvalue weighted by molar-refractivity contribution is 5.81. The third kappa shape index (κ3) is 3.28. The third-order valence-electron chi connectivity index (χ3n) is 3.50. The van der Waals surface area contributed by atoms with Gasteiger partial charge in [0.05, 0.1) is 5.56 Å². The molecule has 1 saturated carbocycles. The summed E-state index contributed by atoms with van der Waals surface area (Å²) in [5, 5.41) is 0. The number of nitrogens with zero attached hydrogens (tertiary/aromatic N) is 1. The zero-order valence-corrected chi connectivity index (χ0v) is 10.9. The molecular weight excluding hydrogens is 255 g/mol. The number of hydrogen-bond donors (Lipinski definition) is 0. The monoisotopic (exact) mass is 271 g/mol. The highest BCUT2D eigenvalue weighted by Crippen LogP contribution is 2.39. The van der Waals surface area contributed by atoms with E-state index in [1.54, 1.807) is 11.9 Å². The van der Waals surface area contributed by atoms with E-state index in [9.17, 15) is 18.0 Å². The first-order valence-electron chi connectivity index (χ1n) is 6.20. The number of halogens is 3. The summed E-state index contributed by atoms with van der Waals surface area (Å²) in [7, 11) is 1.69. The van der Waals surface area contributed by atoms with Crippen LogP contribution in [0.5, 0.6) is 0 Å². The first-order valence-corrected chi connectivity index (χ1v) is 6.20. The van der Waals surface area contributed by atoms with Crippen molar-refractivity contribution in [2.24, 2.45) is 11.8 Å². The molecule has 2 nitrogen and oxygen atoms in total. The summed E-state index contributed by atoms with van der Waals surface area (Å²) in [5.41, 5.74) is 0.0400. The fraction of sp³-hybridized carbons (Fsp3) is 0.500. The van der Waals surface area contributed by atoms with Crippen molar-refractivity contribution in [3.8, 4) is 0 Å². The number of benzene rings is 1. The lowest BCUT2D eigenvalue weighted by atomic mass is 10.1. The lowest BCUT2D eigenvalue weighted by Gasteiger charge is -2.17. The summed E-state index contributed by atoms with van der Waals surface area (Å²) in [6.45, 7) is 2.37. The van der Waals surface area contributed by atoms with E-state index in [1.165, 1.54) is 12.1 Å². The number of hydrogen-bond acceptors (Lipinski definition) is 1. The predicted octanol–water partition coefficient (Wildman–Crippen LogP) is 3.32. The third-order valence-corrected chi connectivity index (χ3v) is 3.50. The Kier molecular flexibility index (Phi) is 3.56. The van der Waals surface area contributed by atoms with Crippen LogP contribution in [0.3, 0.4) is 0 Å². The Labute approximate surface area is 110 Å². The largest absolute Gasteiger partial charge is 0.416 e. The molecule has 0 bridgehead atoms. The van der Waals surface area contributed by atoms with E-state index >= 15 is 0 Å². The van der Waals surface area contributed by atoms with Crippen molar-refractivity contribution in [1.82, 2.24) is 4.90 Å². The Balaban J connectivity index is 1.98. The summed E-state index contributed by atoms with van der Waals surface area (Å²) < 4.78 is 37.2. The number of rotatable bonds is 3. The minimum Gasteiger partial charge on any atom is -0.341 e. The van der Waals surface area contributed by atoms with Crippen LogP contribution in [0.2, 0.25) is 0 Å². The van der Waals surface area contributed by atoms with Gasteiger partial charge in [-0.15, -0.1) is 0 Å². The molecule has 0 saturated heterocycles. The molecule has 1 aliphatic rings. The second-order valence-electron chi connectivity index (χ2n) is 5.21. The molecule has 1 aromatic rings. The normalized spacial score (nSPS) is 22.2. The molecule has 1 fully saturated rings. The van der Waals surface area contributed by atoms with Crippen molar-refractivity contribution in [2.45, 2.75) is 26.1 Å². The number of amides is 1. The molecule has 2 atom stereocenters. The van der Waals surface area contributed by atoms with Gasteiger partial charge in [-0.3, -0.25) is 4.79 Å². The van der Waals surface area contributed by atoms with Crippen molar-refractivity contribution in [3.63, 3.8) is 0 Å². The molecular formula is C14H16F3NO. The molecule has 0 aromatic heterocycles. The second kappa shape index (κ2) is 4.87. The minimum atomic E-state index is -4.32. The smallest absolute Gasteiger partial charge is 0.341 e. The van der Waals surface area contributed by atoms with Gasteiger partial charge in [-0.05, 0) is 30.0 Å². The van der Waals surface area contributed by atoms with Gasteiger partial charge in [0, 0.05) is 19.5 Å². The van der Waals surface area contributed by atoms with E-state index in [4.69, 9.17) is 0 Å². The average Bonchev–Trinajstić information content (AvgIpc) is 3.05. The highest BCUT2D eigenvalue weighted by Gasteiger charge is 2.40. The first kappa shape index (κ1) is 13.9. The number of carbonyl (C=O) groups is 1. The Morgan fingerprint density at radius 2 is 1.84 bits per heavy atom. The molecule has 19 heavy (non-hydrogen) atoms. The second-order valence-corrected chi connectivity index (χ2v) is 5.21. The van der Waals surface area contributed by atoms with Gasteiger partial charge < -0.3 is 4.90 Å². The molecule has 1 aliphatic carbocycles. The molecule has 0 radical (unpaired) electrons. The van der Waals surface area contributed by atoms with E-state index < -0.39 is 11.7 Å². The molecule has 5 heteroatoms. The Bertz CT molecular complexity index is 467. The highest BCUT2D eigenvalue weighted by atomic mass is 19.4. The van der Waals surface area contributed by atoms with Gasteiger partial charge >= 0.3 is 6.18 Å². The van der Waals surface area contributed by atoms with E-state index in [2.05, 4.69) is 0 Å². The summed E-state index contributed by atoms with van der Waals surface area (Å²) in [4.78, 5) is 13.5. The maximum atomic E-state index is 12.4. The molecule has 1 aromatic carbocycles. The maximum Gasteiger partial charge on any atom is 0.416 e. The van der Waals surface area contributed by atoms with E-state index in [1.807, 2.05) is 6.92 Å². The Morgan fingerprint density at radius 1 is 1.32 bits per heavy atom. The van der Waals surface area contributed by atoms with Crippen LogP contribution >= 0.6 is 0 Å². The molecule has 2 rings (SSSR count). The SMILES string of the molecule is CC1CC1C(=O)N(C)Cc1ccc(C(F)(F)F)cc1. The van der Waals surface area contributed by atoms with Crippen molar-refractivity contribution in [3.05, 3.63) is 35.4 Å². The molecule has 0 heterocycles. The van der Waals surface area contributed by atoms with E-state index in [-0.39, 0.29) is 11.8 Å². The molecule has 0 N–H and O–H groups in total. The van der Waals surface area contributed by atoms with Crippen molar-refractivity contribution in [1.29, 1.82) is 0 Å². The van der Waals surface area contributed by atoms with Crippen molar-refractivity contribution in [2.75, 3.05) is 7.05 Å². The topological polar surface area (TPSA) is 20.3 Å². The zero-order chi connectivity index (χ0) is 14.2. The Morgan fingerprint density at radius 3 is 2.26 bits per heavy atom. The quantitative estimate of drug-likeness (QED) is 0.825. The van der Waals surface area contributed by atoms with Gasteiger partial charge in [-0.1, -0.05) is 19.1 Å². The number of alkyl halides is 3. The van der Waals surface area contributed by atoms with Crippen LogP contribution < -0.4 is 0 Å². The van der Waals surface area contributed by atoms with Crippen LogP contribution in [-0.4, -0.2) is 17.9 Å². The van der Waals surface area contributed by atoms with E-state index in [0.29, 0.717) is 18.0 Å². The fourth-order valence-corrected chi connectivity index (χ4v) is 2.10. The summed E-state index contributed by atoms with van der Waals surface area (Å²) in [5.74, 6) is 0.606. The van der Waals surface area contributed by atoms with Gasteiger partial charge in [-0.2, -0.15) is 13.2 Å². The zero-order valence-electron chi connectivity index (χ0n) is 10.9. The Hall–Kier alpha value is -1.52. The van der Waals surface area contributed by atoms with Gasteiger partial charge in [0.2, 0.25) is 5.91 Å². The first-order chi connectivity index (χ1) is 8.79.